The monoisotopic (exact) mass is 485 g/mol. The fourth-order valence-electron chi connectivity index (χ4n) is 3.17. The van der Waals surface area contributed by atoms with Crippen LogP contribution in [0.25, 0.3) is 10.2 Å². The average Bonchev–Trinajstić information content (AvgIpc) is 3.16. The molecule has 31 heavy (non-hydrogen) atoms. The highest BCUT2D eigenvalue weighted by Gasteiger charge is 2.22. The summed E-state index contributed by atoms with van der Waals surface area (Å²) in [5, 5.41) is 1.19. The molecule has 0 radical (unpaired) electrons. The smallest absolute Gasteiger partial charge is 0.266 e. The zero-order valence-corrected chi connectivity index (χ0v) is 19.0. The predicted octanol–water partition coefficient (Wildman–Crippen LogP) is 4.25. The molecule has 1 saturated heterocycles. The number of para-hydroxylation sites is 1. The third-order valence-corrected chi connectivity index (χ3v) is 6.08. The first-order chi connectivity index (χ1) is 14.6. The number of fused-ring (bicyclic) bond motifs is 1. The van der Waals surface area contributed by atoms with Gasteiger partial charge in [-0.05, 0) is 30.3 Å². The summed E-state index contributed by atoms with van der Waals surface area (Å²) in [5.74, 6) is -0.730. The Bertz CT molecular complexity index is 1030. The van der Waals surface area contributed by atoms with E-state index in [1.165, 1.54) is 23.5 Å². The molecule has 1 aliphatic rings. The number of anilines is 1. The largest absolute Gasteiger partial charge is 0.481 e. The van der Waals surface area contributed by atoms with E-state index >= 15 is 0 Å². The van der Waals surface area contributed by atoms with Crippen molar-refractivity contribution in [2.24, 2.45) is 0 Å². The second-order valence-corrected chi connectivity index (χ2v) is 8.27. The highest BCUT2D eigenvalue weighted by atomic mass is 35.5. The molecule has 0 bridgehead atoms. The van der Waals surface area contributed by atoms with Crippen LogP contribution < -0.4 is 9.64 Å². The van der Waals surface area contributed by atoms with Crippen LogP contribution in [-0.2, 0) is 9.53 Å². The van der Waals surface area contributed by atoms with Crippen molar-refractivity contribution in [2.75, 3.05) is 50.9 Å². The van der Waals surface area contributed by atoms with E-state index < -0.39 is 5.82 Å². The molecular formula is C21H22Cl2FN3O3S. The van der Waals surface area contributed by atoms with Gasteiger partial charge in [0.25, 0.3) is 5.91 Å². The molecule has 6 nitrogen and oxygen atoms in total. The minimum absolute atomic E-state index is 0. The van der Waals surface area contributed by atoms with Crippen LogP contribution in [-0.4, -0.2) is 61.8 Å². The van der Waals surface area contributed by atoms with Crippen LogP contribution in [0.2, 0.25) is 5.02 Å². The van der Waals surface area contributed by atoms with Gasteiger partial charge in [0.1, 0.15) is 0 Å². The van der Waals surface area contributed by atoms with Crippen molar-refractivity contribution in [2.45, 2.75) is 0 Å². The van der Waals surface area contributed by atoms with Gasteiger partial charge < -0.3 is 9.47 Å². The van der Waals surface area contributed by atoms with E-state index in [-0.39, 0.29) is 30.7 Å². The summed E-state index contributed by atoms with van der Waals surface area (Å²) in [7, 11) is 0. The highest BCUT2D eigenvalue weighted by molar-refractivity contribution is 7.22. The lowest BCUT2D eigenvalue weighted by Crippen LogP contribution is -2.44. The normalized spacial score (nSPS) is 14.3. The van der Waals surface area contributed by atoms with E-state index in [1.807, 2.05) is 12.1 Å². The minimum atomic E-state index is -0.500. The summed E-state index contributed by atoms with van der Waals surface area (Å²) in [4.78, 5) is 21.5. The Kier molecular flexibility index (Phi) is 8.45. The van der Waals surface area contributed by atoms with Crippen LogP contribution in [0, 0.1) is 5.82 Å². The lowest BCUT2D eigenvalue weighted by molar-refractivity contribution is -0.120. The Morgan fingerprint density at radius 1 is 1.26 bits per heavy atom. The van der Waals surface area contributed by atoms with Gasteiger partial charge in [-0.15, -0.1) is 12.4 Å². The van der Waals surface area contributed by atoms with Crippen LogP contribution in [0.5, 0.6) is 5.75 Å². The van der Waals surface area contributed by atoms with Crippen molar-refractivity contribution in [1.29, 1.82) is 0 Å². The number of hydrogen-bond donors (Lipinski definition) is 0. The summed E-state index contributed by atoms with van der Waals surface area (Å²) in [6.45, 7) is 3.87. The number of thiazole rings is 1. The first kappa shape index (κ1) is 23.7. The maximum atomic E-state index is 13.8. The number of rotatable bonds is 7. The number of carbonyl (C=O) groups excluding carboxylic acids is 1. The van der Waals surface area contributed by atoms with Gasteiger partial charge in [0.15, 0.2) is 23.3 Å². The van der Waals surface area contributed by atoms with E-state index in [2.05, 4.69) is 9.88 Å². The van der Waals surface area contributed by atoms with Crippen LogP contribution >= 0.6 is 35.3 Å². The van der Waals surface area contributed by atoms with Gasteiger partial charge in [-0.1, -0.05) is 35.1 Å². The number of benzene rings is 2. The molecule has 0 N–H and O–H groups in total. The molecule has 1 aliphatic heterocycles. The summed E-state index contributed by atoms with van der Waals surface area (Å²) >= 11 is 7.49. The molecule has 0 atom stereocenters. The lowest BCUT2D eigenvalue weighted by Gasteiger charge is -2.29. The summed E-state index contributed by atoms with van der Waals surface area (Å²) in [6.07, 6.45) is 0. The molecule has 2 heterocycles. The number of ether oxygens (including phenoxy) is 2. The zero-order chi connectivity index (χ0) is 20.9. The first-order valence-corrected chi connectivity index (χ1v) is 10.8. The number of morpholine rings is 1. The molecule has 1 amide bonds. The second kappa shape index (κ2) is 11.1. The Balaban J connectivity index is 0.00000272. The van der Waals surface area contributed by atoms with Gasteiger partial charge in [-0.2, -0.15) is 0 Å². The quantitative estimate of drug-likeness (QED) is 0.500. The number of hydrogen-bond acceptors (Lipinski definition) is 6. The van der Waals surface area contributed by atoms with Crippen molar-refractivity contribution < 1.29 is 18.7 Å². The molecule has 166 valence electrons. The molecule has 10 heteroatoms. The summed E-state index contributed by atoms with van der Waals surface area (Å²) in [6, 6.07) is 11.5. The molecule has 2 aromatic carbocycles. The molecule has 0 aliphatic carbocycles. The van der Waals surface area contributed by atoms with E-state index in [0.717, 1.165) is 23.3 Å². The van der Waals surface area contributed by atoms with Crippen LogP contribution in [0.4, 0.5) is 9.52 Å². The third-order valence-electron chi connectivity index (χ3n) is 4.80. The molecule has 0 unspecified atom stereocenters. The molecule has 3 aromatic rings. The first-order valence-electron chi connectivity index (χ1n) is 9.64. The number of nitrogens with zero attached hydrogens (tertiary/aromatic N) is 3. The molecule has 4 rings (SSSR count). The third kappa shape index (κ3) is 6.05. The van der Waals surface area contributed by atoms with Gasteiger partial charge in [0, 0.05) is 31.2 Å². The van der Waals surface area contributed by atoms with Crippen LogP contribution in [0.3, 0.4) is 0 Å². The van der Waals surface area contributed by atoms with Gasteiger partial charge in [0.2, 0.25) is 0 Å². The number of carbonyl (C=O) groups is 1. The van der Waals surface area contributed by atoms with Crippen molar-refractivity contribution in [3.63, 3.8) is 0 Å². The van der Waals surface area contributed by atoms with E-state index in [0.29, 0.717) is 36.5 Å². The zero-order valence-electron chi connectivity index (χ0n) is 16.6. The molecule has 1 fully saturated rings. The van der Waals surface area contributed by atoms with Gasteiger partial charge in [-0.3, -0.25) is 14.6 Å². The Morgan fingerprint density at radius 3 is 2.81 bits per heavy atom. The van der Waals surface area contributed by atoms with Gasteiger partial charge in [-0.25, -0.2) is 9.37 Å². The van der Waals surface area contributed by atoms with E-state index in [4.69, 9.17) is 21.1 Å². The maximum absolute atomic E-state index is 13.8. The summed E-state index contributed by atoms with van der Waals surface area (Å²) in [5.41, 5.74) is 0.776. The van der Waals surface area contributed by atoms with E-state index in [9.17, 15) is 9.18 Å². The summed E-state index contributed by atoms with van der Waals surface area (Å²) < 4.78 is 25.6. The number of halogens is 3. The molecular weight excluding hydrogens is 464 g/mol. The van der Waals surface area contributed by atoms with Crippen LogP contribution in [0.1, 0.15) is 0 Å². The Hall–Kier alpha value is -1.97. The molecule has 0 spiro atoms. The predicted molar refractivity (Wildman–Crippen MR) is 123 cm³/mol. The number of aromatic nitrogens is 1. The SMILES string of the molecule is Cl.O=C(COc1ccccc1F)N(CCN1CCOCC1)c1nc2ccc(Cl)cc2s1. The van der Waals surface area contributed by atoms with Crippen molar-refractivity contribution in [3.8, 4) is 5.75 Å². The highest BCUT2D eigenvalue weighted by Crippen LogP contribution is 2.31. The van der Waals surface area contributed by atoms with Gasteiger partial charge >= 0.3 is 0 Å². The minimum Gasteiger partial charge on any atom is -0.481 e. The Labute approximate surface area is 194 Å². The van der Waals surface area contributed by atoms with Crippen LogP contribution in [0.15, 0.2) is 42.5 Å². The van der Waals surface area contributed by atoms with Gasteiger partial charge in [0.05, 0.1) is 23.4 Å². The lowest BCUT2D eigenvalue weighted by atomic mass is 10.3. The Morgan fingerprint density at radius 2 is 2.03 bits per heavy atom. The molecule has 0 saturated carbocycles. The standard InChI is InChI=1S/C21H21ClFN3O3S.ClH/c22-15-5-6-17-19(13-15)30-21(24-17)26(8-7-25-9-11-28-12-10-25)20(27)14-29-18-4-2-1-3-16(18)23;/h1-6,13H,7-12,14H2;1H. The number of amides is 1. The van der Waals surface area contributed by atoms with Crippen molar-refractivity contribution in [3.05, 3.63) is 53.3 Å². The van der Waals surface area contributed by atoms with E-state index in [1.54, 1.807) is 23.1 Å². The molecule has 1 aromatic heterocycles. The second-order valence-electron chi connectivity index (χ2n) is 6.83. The topological polar surface area (TPSA) is 54.9 Å². The fourth-order valence-corrected chi connectivity index (χ4v) is 4.46. The maximum Gasteiger partial charge on any atom is 0.266 e. The van der Waals surface area contributed by atoms with Crippen molar-refractivity contribution in [1.82, 2.24) is 9.88 Å². The van der Waals surface area contributed by atoms with Crippen molar-refractivity contribution >= 4 is 56.6 Å². The average molecular weight is 486 g/mol. The fraction of sp³-hybridized carbons (Fsp3) is 0.333.